The van der Waals surface area contributed by atoms with Gasteiger partial charge in [0.1, 0.15) is 5.82 Å². The van der Waals surface area contributed by atoms with Crippen molar-refractivity contribution in [3.63, 3.8) is 0 Å². The summed E-state index contributed by atoms with van der Waals surface area (Å²) in [5.41, 5.74) is 3.59. The van der Waals surface area contributed by atoms with Crippen LogP contribution in [0.4, 0.5) is 0 Å². The van der Waals surface area contributed by atoms with Gasteiger partial charge < -0.3 is 5.32 Å². The van der Waals surface area contributed by atoms with Crippen LogP contribution >= 0.6 is 11.8 Å². The average Bonchev–Trinajstić information content (AvgIpc) is 2.32. The first-order chi connectivity index (χ1) is 9.40. The number of hydrogen-bond donors (Lipinski definition) is 1. The van der Waals surface area contributed by atoms with E-state index in [0.29, 0.717) is 6.04 Å². The molecule has 1 aromatic rings. The summed E-state index contributed by atoms with van der Waals surface area (Å²) in [6, 6.07) is 0.531. The van der Waals surface area contributed by atoms with E-state index in [1.165, 1.54) is 11.3 Å². The van der Waals surface area contributed by atoms with Crippen molar-refractivity contribution in [1.82, 2.24) is 15.3 Å². The predicted molar refractivity (Wildman–Crippen MR) is 89.3 cm³/mol. The number of aryl methyl sites for hydroxylation is 2. The molecule has 4 heteroatoms. The second-order valence-electron chi connectivity index (χ2n) is 6.06. The van der Waals surface area contributed by atoms with E-state index in [0.717, 1.165) is 41.8 Å². The normalized spacial score (nSPS) is 11.6. The van der Waals surface area contributed by atoms with Gasteiger partial charge in [-0.05, 0) is 44.0 Å². The van der Waals surface area contributed by atoms with Gasteiger partial charge in [-0.15, -0.1) is 0 Å². The SMILES string of the molecule is Cc1nc(CSCC(C)C)nc(C)c1CCNC(C)C. The van der Waals surface area contributed by atoms with E-state index in [1.807, 2.05) is 11.8 Å². The first-order valence-corrected chi connectivity index (χ1v) is 8.69. The zero-order valence-electron chi connectivity index (χ0n) is 13.8. The van der Waals surface area contributed by atoms with Gasteiger partial charge in [-0.25, -0.2) is 9.97 Å². The van der Waals surface area contributed by atoms with Crippen LogP contribution in [0, 0.1) is 19.8 Å². The summed E-state index contributed by atoms with van der Waals surface area (Å²) in [6.45, 7) is 14.0. The Hall–Kier alpha value is -0.610. The van der Waals surface area contributed by atoms with Gasteiger partial charge in [0, 0.05) is 17.4 Å². The molecule has 0 unspecified atom stereocenters. The van der Waals surface area contributed by atoms with Crippen LogP contribution in [0.2, 0.25) is 0 Å². The fraction of sp³-hybridized carbons (Fsp3) is 0.750. The van der Waals surface area contributed by atoms with Crippen molar-refractivity contribution in [3.05, 3.63) is 22.8 Å². The molecule has 0 amide bonds. The number of thioether (sulfide) groups is 1. The molecule has 114 valence electrons. The highest BCUT2D eigenvalue weighted by molar-refractivity contribution is 7.98. The molecule has 0 atom stereocenters. The second-order valence-corrected chi connectivity index (χ2v) is 7.09. The molecular formula is C16H29N3S. The lowest BCUT2D eigenvalue weighted by Gasteiger charge is -2.13. The maximum atomic E-state index is 4.67. The molecule has 1 heterocycles. The first kappa shape index (κ1) is 17.4. The molecule has 20 heavy (non-hydrogen) atoms. The number of nitrogens with one attached hydrogen (secondary N) is 1. The summed E-state index contributed by atoms with van der Waals surface area (Å²) >= 11 is 1.92. The standard InChI is InChI=1S/C16H29N3S/c1-11(2)9-20-10-16-18-13(5)15(14(6)19-16)7-8-17-12(3)4/h11-12,17H,7-10H2,1-6H3. The van der Waals surface area contributed by atoms with Gasteiger partial charge in [0.05, 0.1) is 5.75 Å². The zero-order valence-corrected chi connectivity index (χ0v) is 14.6. The Balaban J connectivity index is 2.61. The summed E-state index contributed by atoms with van der Waals surface area (Å²) < 4.78 is 0. The van der Waals surface area contributed by atoms with Gasteiger partial charge in [0.2, 0.25) is 0 Å². The average molecular weight is 295 g/mol. The third-order valence-corrected chi connectivity index (χ3v) is 4.44. The largest absolute Gasteiger partial charge is 0.314 e. The van der Waals surface area contributed by atoms with Crippen molar-refractivity contribution >= 4 is 11.8 Å². The molecule has 1 rings (SSSR count). The van der Waals surface area contributed by atoms with Crippen LogP contribution < -0.4 is 5.32 Å². The van der Waals surface area contributed by atoms with Crippen LogP contribution in [0.15, 0.2) is 0 Å². The molecule has 0 bridgehead atoms. The summed E-state index contributed by atoms with van der Waals surface area (Å²) in [5, 5.41) is 3.45. The van der Waals surface area contributed by atoms with Crippen LogP contribution in [0.5, 0.6) is 0 Å². The third-order valence-electron chi connectivity index (χ3n) is 3.08. The molecule has 0 saturated carbocycles. The molecular weight excluding hydrogens is 266 g/mol. The number of aromatic nitrogens is 2. The van der Waals surface area contributed by atoms with E-state index in [1.54, 1.807) is 0 Å². The van der Waals surface area contributed by atoms with Crippen LogP contribution in [0.25, 0.3) is 0 Å². The van der Waals surface area contributed by atoms with Crippen molar-refractivity contribution in [2.24, 2.45) is 5.92 Å². The topological polar surface area (TPSA) is 37.8 Å². The highest BCUT2D eigenvalue weighted by Gasteiger charge is 2.09. The van der Waals surface area contributed by atoms with E-state index < -0.39 is 0 Å². The van der Waals surface area contributed by atoms with E-state index in [4.69, 9.17) is 0 Å². The molecule has 0 spiro atoms. The second kappa shape index (κ2) is 8.63. The van der Waals surface area contributed by atoms with Gasteiger partial charge in [-0.3, -0.25) is 0 Å². The maximum absolute atomic E-state index is 4.67. The number of nitrogens with zero attached hydrogens (tertiary/aromatic N) is 2. The fourth-order valence-electron chi connectivity index (χ4n) is 2.11. The number of hydrogen-bond acceptors (Lipinski definition) is 4. The molecule has 0 aromatic carbocycles. The lowest BCUT2D eigenvalue weighted by atomic mass is 10.1. The smallest absolute Gasteiger partial charge is 0.138 e. The monoisotopic (exact) mass is 295 g/mol. The van der Waals surface area contributed by atoms with Crippen molar-refractivity contribution < 1.29 is 0 Å². The minimum absolute atomic E-state index is 0.531. The lowest BCUT2D eigenvalue weighted by Crippen LogP contribution is -2.25. The van der Waals surface area contributed by atoms with Crippen LogP contribution in [0.3, 0.4) is 0 Å². The Morgan fingerprint density at radius 2 is 1.65 bits per heavy atom. The van der Waals surface area contributed by atoms with E-state index in [-0.39, 0.29) is 0 Å². The van der Waals surface area contributed by atoms with Crippen molar-refractivity contribution in [2.45, 2.75) is 59.8 Å². The summed E-state index contributed by atoms with van der Waals surface area (Å²) in [4.78, 5) is 9.34. The van der Waals surface area contributed by atoms with Gasteiger partial charge >= 0.3 is 0 Å². The Morgan fingerprint density at radius 3 is 2.15 bits per heavy atom. The van der Waals surface area contributed by atoms with Gasteiger partial charge in [-0.2, -0.15) is 11.8 Å². The summed E-state index contributed by atoms with van der Waals surface area (Å²) in [5.74, 6) is 3.79. The van der Waals surface area contributed by atoms with E-state index in [9.17, 15) is 0 Å². The minimum Gasteiger partial charge on any atom is -0.314 e. The Bertz CT molecular complexity index is 393. The molecule has 0 aliphatic rings. The first-order valence-electron chi connectivity index (χ1n) is 7.54. The maximum Gasteiger partial charge on any atom is 0.138 e. The molecule has 3 nitrogen and oxygen atoms in total. The van der Waals surface area contributed by atoms with E-state index in [2.05, 4.69) is 56.8 Å². The predicted octanol–water partition coefficient (Wildman–Crippen LogP) is 3.52. The van der Waals surface area contributed by atoms with Crippen molar-refractivity contribution in [2.75, 3.05) is 12.3 Å². The summed E-state index contributed by atoms with van der Waals surface area (Å²) in [6.07, 6.45) is 1.01. The number of rotatable bonds is 8. The fourth-order valence-corrected chi connectivity index (χ4v) is 3.01. The Kier molecular flexibility index (Phi) is 7.52. The van der Waals surface area contributed by atoms with Crippen LogP contribution in [0.1, 0.15) is 50.5 Å². The molecule has 0 radical (unpaired) electrons. The molecule has 1 N–H and O–H groups in total. The molecule has 1 aromatic heterocycles. The Labute approximate surface area is 128 Å². The Morgan fingerprint density at radius 1 is 1.05 bits per heavy atom. The van der Waals surface area contributed by atoms with Gasteiger partial charge in [-0.1, -0.05) is 27.7 Å². The molecule has 0 aliphatic heterocycles. The molecule has 0 aliphatic carbocycles. The highest BCUT2D eigenvalue weighted by Crippen LogP contribution is 2.16. The minimum atomic E-state index is 0.531. The molecule has 0 saturated heterocycles. The third kappa shape index (κ3) is 6.23. The van der Waals surface area contributed by atoms with Crippen LogP contribution in [-0.4, -0.2) is 28.3 Å². The molecule has 0 fully saturated rings. The quantitative estimate of drug-likeness (QED) is 0.796. The van der Waals surface area contributed by atoms with E-state index >= 15 is 0 Å². The van der Waals surface area contributed by atoms with Crippen molar-refractivity contribution in [3.8, 4) is 0 Å². The van der Waals surface area contributed by atoms with Gasteiger partial charge in [0.25, 0.3) is 0 Å². The zero-order chi connectivity index (χ0) is 15.1. The summed E-state index contributed by atoms with van der Waals surface area (Å²) in [7, 11) is 0. The van der Waals surface area contributed by atoms with Crippen LogP contribution in [-0.2, 0) is 12.2 Å². The van der Waals surface area contributed by atoms with Crippen molar-refractivity contribution in [1.29, 1.82) is 0 Å². The highest BCUT2D eigenvalue weighted by atomic mass is 32.2. The lowest BCUT2D eigenvalue weighted by molar-refractivity contribution is 0.587. The van der Waals surface area contributed by atoms with Gasteiger partial charge in [0.15, 0.2) is 0 Å².